The van der Waals surface area contributed by atoms with Gasteiger partial charge in [0.2, 0.25) is 0 Å². The minimum Gasteiger partial charge on any atom is -0.487 e. The first-order valence-electron chi connectivity index (χ1n) is 7.89. The number of amides is 4. The fraction of sp³-hybridized carbons (Fsp3) is 0.105. The molecule has 0 aromatic heterocycles. The van der Waals surface area contributed by atoms with Crippen molar-refractivity contribution >= 4 is 69.1 Å². The lowest BCUT2D eigenvalue weighted by molar-refractivity contribution is -0.123. The van der Waals surface area contributed by atoms with Crippen LogP contribution in [0.2, 0.25) is 0 Å². The second kappa shape index (κ2) is 8.38. The molecule has 0 bridgehead atoms. The molecule has 0 atom stereocenters. The number of ether oxygens (including phenoxy) is 1. The Morgan fingerprint density at radius 1 is 0.963 bits per heavy atom. The summed E-state index contributed by atoms with van der Waals surface area (Å²) in [7, 11) is 0. The number of barbiturate groups is 1. The summed E-state index contributed by atoms with van der Waals surface area (Å²) < 4.78 is 7.66. The van der Waals surface area contributed by atoms with Crippen molar-refractivity contribution < 1.29 is 19.1 Å². The molecule has 0 radical (unpaired) electrons. The molecule has 0 aliphatic carbocycles. The topological polar surface area (TPSA) is 84.5 Å². The van der Waals surface area contributed by atoms with Gasteiger partial charge in [0.15, 0.2) is 0 Å². The number of benzene rings is 2. The fourth-order valence-corrected chi connectivity index (χ4v) is 4.54. The predicted molar refractivity (Wildman–Crippen MR) is 117 cm³/mol. The van der Waals surface area contributed by atoms with Crippen molar-refractivity contribution in [1.82, 2.24) is 10.6 Å². The van der Waals surface area contributed by atoms with Crippen LogP contribution in [0.3, 0.4) is 0 Å². The van der Waals surface area contributed by atoms with Gasteiger partial charge in [0, 0.05) is 0 Å². The summed E-state index contributed by atoms with van der Waals surface area (Å²) >= 11 is 4.31. The van der Waals surface area contributed by atoms with Crippen LogP contribution in [0.4, 0.5) is 4.79 Å². The van der Waals surface area contributed by atoms with Gasteiger partial charge in [-0.3, -0.25) is 20.2 Å². The first-order valence-corrected chi connectivity index (χ1v) is 10.0. The van der Waals surface area contributed by atoms with E-state index >= 15 is 0 Å². The number of aryl methyl sites for hydroxylation is 1. The third-order valence-electron chi connectivity index (χ3n) is 3.78. The molecule has 138 valence electrons. The maximum atomic E-state index is 11.9. The Kier molecular flexibility index (Phi) is 6.15. The molecule has 4 amide bonds. The van der Waals surface area contributed by atoms with Crippen LogP contribution < -0.4 is 15.4 Å². The largest absolute Gasteiger partial charge is 0.487 e. The lowest BCUT2D eigenvalue weighted by Gasteiger charge is -2.15. The van der Waals surface area contributed by atoms with Gasteiger partial charge in [0.05, 0.1) is 7.14 Å². The van der Waals surface area contributed by atoms with E-state index in [2.05, 4.69) is 55.8 Å². The molecule has 1 heterocycles. The molecule has 0 saturated carbocycles. The van der Waals surface area contributed by atoms with E-state index in [1.165, 1.54) is 11.6 Å². The second-order valence-electron chi connectivity index (χ2n) is 5.88. The van der Waals surface area contributed by atoms with Crippen LogP contribution in [0.1, 0.15) is 16.7 Å². The number of urea groups is 1. The second-order valence-corrected chi connectivity index (χ2v) is 8.21. The van der Waals surface area contributed by atoms with E-state index in [0.29, 0.717) is 12.2 Å². The quantitative estimate of drug-likeness (QED) is 0.326. The summed E-state index contributed by atoms with van der Waals surface area (Å²) in [5.41, 5.74) is 2.81. The van der Waals surface area contributed by atoms with Crippen molar-refractivity contribution in [3.63, 3.8) is 0 Å². The van der Waals surface area contributed by atoms with E-state index in [1.807, 2.05) is 43.3 Å². The number of hydrogen-bond donors (Lipinski definition) is 2. The molecule has 2 N–H and O–H groups in total. The van der Waals surface area contributed by atoms with Gasteiger partial charge in [-0.1, -0.05) is 29.8 Å². The summed E-state index contributed by atoms with van der Waals surface area (Å²) in [6, 6.07) is 10.9. The van der Waals surface area contributed by atoms with Crippen LogP contribution in [-0.2, 0) is 16.2 Å². The highest BCUT2D eigenvalue weighted by atomic mass is 127. The van der Waals surface area contributed by atoms with Crippen molar-refractivity contribution in [2.45, 2.75) is 13.5 Å². The molecule has 1 aliphatic heterocycles. The fourth-order valence-electron chi connectivity index (χ4n) is 2.41. The molecule has 1 aliphatic rings. The first-order chi connectivity index (χ1) is 12.8. The van der Waals surface area contributed by atoms with Crippen molar-refractivity contribution in [2.75, 3.05) is 0 Å². The predicted octanol–water partition coefficient (Wildman–Crippen LogP) is 3.53. The van der Waals surface area contributed by atoms with Gasteiger partial charge in [-0.25, -0.2) is 4.79 Å². The molecule has 6 nitrogen and oxygen atoms in total. The van der Waals surface area contributed by atoms with E-state index in [4.69, 9.17) is 4.74 Å². The molecule has 2 aromatic rings. The molecule has 1 fully saturated rings. The summed E-state index contributed by atoms with van der Waals surface area (Å²) in [6.07, 6.45) is 1.45. The summed E-state index contributed by atoms with van der Waals surface area (Å²) in [5, 5.41) is 4.11. The molecule has 0 unspecified atom stereocenters. The third-order valence-corrected chi connectivity index (χ3v) is 5.38. The normalized spacial score (nSPS) is 13.9. The molecule has 27 heavy (non-hydrogen) atoms. The number of nitrogens with one attached hydrogen (secondary N) is 2. The van der Waals surface area contributed by atoms with Crippen LogP contribution in [0, 0.1) is 14.1 Å². The summed E-state index contributed by atoms with van der Waals surface area (Å²) in [6.45, 7) is 2.48. The highest BCUT2D eigenvalue weighted by molar-refractivity contribution is 14.1. The van der Waals surface area contributed by atoms with Crippen LogP contribution in [0.15, 0.2) is 42.0 Å². The van der Waals surface area contributed by atoms with Crippen molar-refractivity contribution in [2.24, 2.45) is 0 Å². The van der Waals surface area contributed by atoms with Crippen molar-refractivity contribution in [3.05, 3.63) is 65.8 Å². The Balaban J connectivity index is 1.81. The number of halogens is 2. The Labute approximate surface area is 183 Å². The Bertz CT molecular complexity index is 923. The lowest BCUT2D eigenvalue weighted by atomic mass is 10.1. The zero-order chi connectivity index (χ0) is 19.6. The standard InChI is InChI=1S/C19H14I2N2O4/c1-10-2-4-11(5-3-10)9-27-16-14(20)7-12(8-15(16)21)6-13-17(24)22-19(26)23-18(13)25/h2-8H,9H2,1H3,(H2,22,23,24,25,26). The number of rotatable bonds is 4. The molecule has 0 spiro atoms. The average molecular weight is 588 g/mol. The molecule has 8 heteroatoms. The van der Waals surface area contributed by atoms with E-state index in [0.717, 1.165) is 18.5 Å². The Morgan fingerprint density at radius 2 is 1.52 bits per heavy atom. The number of carbonyl (C=O) groups excluding carboxylic acids is 3. The van der Waals surface area contributed by atoms with Gasteiger partial charge in [0.25, 0.3) is 11.8 Å². The molecule has 1 saturated heterocycles. The van der Waals surface area contributed by atoms with Gasteiger partial charge >= 0.3 is 6.03 Å². The minimum absolute atomic E-state index is 0.116. The zero-order valence-corrected chi connectivity index (χ0v) is 18.5. The van der Waals surface area contributed by atoms with Crippen molar-refractivity contribution in [3.8, 4) is 5.75 Å². The van der Waals surface area contributed by atoms with Crippen molar-refractivity contribution in [1.29, 1.82) is 0 Å². The Hall–Kier alpha value is -1.95. The highest BCUT2D eigenvalue weighted by Gasteiger charge is 2.27. The average Bonchev–Trinajstić information content (AvgIpc) is 2.59. The molecular formula is C19H14I2N2O4. The maximum Gasteiger partial charge on any atom is 0.328 e. The van der Waals surface area contributed by atoms with E-state index < -0.39 is 17.8 Å². The monoisotopic (exact) mass is 588 g/mol. The number of carbonyl (C=O) groups is 3. The highest BCUT2D eigenvalue weighted by Crippen LogP contribution is 2.30. The van der Waals surface area contributed by atoms with Gasteiger partial charge in [0.1, 0.15) is 17.9 Å². The van der Waals surface area contributed by atoms with Crippen LogP contribution in [0.25, 0.3) is 6.08 Å². The van der Waals surface area contributed by atoms with Crippen LogP contribution in [0.5, 0.6) is 5.75 Å². The molecular weight excluding hydrogens is 574 g/mol. The Morgan fingerprint density at radius 3 is 2.07 bits per heavy atom. The summed E-state index contributed by atoms with van der Waals surface area (Å²) in [5.74, 6) is -0.687. The van der Waals surface area contributed by atoms with Crippen LogP contribution in [-0.4, -0.2) is 17.8 Å². The van der Waals surface area contributed by atoms with Gasteiger partial charge in [-0.05, 0) is 81.4 Å². The molecule has 2 aromatic carbocycles. The minimum atomic E-state index is -0.814. The SMILES string of the molecule is Cc1ccc(COc2c(I)cc(C=C3C(=O)NC(=O)NC3=O)cc2I)cc1. The van der Waals surface area contributed by atoms with E-state index in [1.54, 1.807) is 0 Å². The first kappa shape index (κ1) is 19.8. The molecule has 3 rings (SSSR count). The lowest BCUT2D eigenvalue weighted by Crippen LogP contribution is -2.51. The zero-order valence-electron chi connectivity index (χ0n) is 14.1. The van der Waals surface area contributed by atoms with Gasteiger partial charge in [-0.15, -0.1) is 0 Å². The maximum absolute atomic E-state index is 11.9. The number of hydrogen-bond acceptors (Lipinski definition) is 4. The number of imide groups is 2. The van der Waals surface area contributed by atoms with Crippen LogP contribution >= 0.6 is 45.2 Å². The van der Waals surface area contributed by atoms with E-state index in [-0.39, 0.29) is 5.57 Å². The smallest absolute Gasteiger partial charge is 0.328 e. The summed E-state index contributed by atoms with van der Waals surface area (Å²) in [4.78, 5) is 34.8. The van der Waals surface area contributed by atoms with Gasteiger partial charge < -0.3 is 4.74 Å². The van der Waals surface area contributed by atoms with Gasteiger partial charge in [-0.2, -0.15) is 0 Å². The third kappa shape index (κ3) is 4.86. The van der Waals surface area contributed by atoms with E-state index in [9.17, 15) is 14.4 Å².